The van der Waals surface area contributed by atoms with Crippen molar-refractivity contribution < 1.29 is 4.39 Å². The topological polar surface area (TPSA) is 29.9 Å². The van der Waals surface area contributed by atoms with E-state index in [4.69, 9.17) is 11.6 Å². The second kappa shape index (κ2) is 5.31. The SMILES string of the molecule is Fc1cccc(Cn2nccc2CNC2CC2)c1Cl. The maximum absolute atomic E-state index is 13.4. The van der Waals surface area contributed by atoms with Crippen LogP contribution in [0.3, 0.4) is 0 Å². The summed E-state index contributed by atoms with van der Waals surface area (Å²) in [6, 6.07) is 7.49. The second-order valence-electron chi connectivity index (χ2n) is 4.85. The van der Waals surface area contributed by atoms with Crippen LogP contribution in [0.25, 0.3) is 0 Å². The molecule has 0 spiro atoms. The number of hydrogen-bond acceptors (Lipinski definition) is 2. The fraction of sp³-hybridized carbons (Fsp3) is 0.357. The van der Waals surface area contributed by atoms with Gasteiger partial charge >= 0.3 is 0 Å². The van der Waals surface area contributed by atoms with Crippen LogP contribution in [0.5, 0.6) is 0 Å². The van der Waals surface area contributed by atoms with Crippen molar-refractivity contribution in [3.8, 4) is 0 Å². The van der Waals surface area contributed by atoms with Gasteiger partial charge in [0.1, 0.15) is 5.82 Å². The predicted molar refractivity (Wildman–Crippen MR) is 72.6 cm³/mol. The molecular formula is C14H15ClFN3. The molecule has 1 aliphatic carbocycles. The zero-order valence-electron chi connectivity index (χ0n) is 10.4. The summed E-state index contributed by atoms with van der Waals surface area (Å²) >= 11 is 5.97. The molecule has 0 aliphatic heterocycles. The zero-order valence-corrected chi connectivity index (χ0v) is 11.2. The molecule has 19 heavy (non-hydrogen) atoms. The van der Waals surface area contributed by atoms with E-state index in [-0.39, 0.29) is 10.8 Å². The van der Waals surface area contributed by atoms with E-state index < -0.39 is 0 Å². The van der Waals surface area contributed by atoms with E-state index in [0.717, 1.165) is 17.8 Å². The van der Waals surface area contributed by atoms with Gasteiger partial charge in [0.2, 0.25) is 0 Å². The molecule has 5 heteroatoms. The van der Waals surface area contributed by atoms with Gasteiger partial charge in [-0.2, -0.15) is 5.10 Å². The molecule has 1 aromatic carbocycles. The van der Waals surface area contributed by atoms with Gasteiger partial charge in [0.05, 0.1) is 17.3 Å². The van der Waals surface area contributed by atoms with Crippen molar-refractivity contribution in [3.63, 3.8) is 0 Å². The predicted octanol–water partition coefficient (Wildman–Crippen LogP) is 2.98. The van der Waals surface area contributed by atoms with Gasteiger partial charge < -0.3 is 5.32 Å². The molecule has 1 N–H and O–H groups in total. The zero-order chi connectivity index (χ0) is 13.2. The quantitative estimate of drug-likeness (QED) is 0.912. The van der Waals surface area contributed by atoms with E-state index in [9.17, 15) is 4.39 Å². The van der Waals surface area contributed by atoms with E-state index in [2.05, 4.69) is 10.4 Å². The van der Waals surface area contributed by atoms with E-state index in [1.165, 1.54) is 18.9 Å². The molecule has 0 atom stereocenters. The Hall–Kier alpha value is -1.39. The van der Waals surface area contributed by atoms with Crippen molar-refractivity contribution in [3.05, 3.63) is 52.6 Å². The third-order valence-electron chi connectivity index (χ3n) is 3.31. The maximum Gasteiger partial charge on any atom is 0.142 e. The number of benzene rings is 1. The molecule has 0 saturated heterocycles. The minimum absolute atomic E-state index is 0.180. The van der Waals surface area contributed by atoms with Gasteiger partial charge in [-0.1, -0.05) is 23.7 Å². The molecule has 1 heterocycles. The van der Waals surface area contributed by atoms with E-state index >= 15 is 0 Å². The molecule has 0 unspecified atom stereocenters. The minimum Gasteiger partial charge on any atom is -0.308 e. The van der Waals surface area contributed by atoms with Crippen LogP contribution in [-0.2, 0) is 13.1 Å². The number of aromatic nitrogens is 2. The third-order valence-corrected chi connectivity index (χ3v) is 3.73. The third kappa shape index (κ3) is 2.96. The van der Waals surface area contributed by atoms with Crippen molar-refractivity contribution >= 4 is 11.6 Å². The van der Waals surface area contributed by atoms with Gasteiger partial charge in [-0.15, -0.1) is 0 Å². The molecule has 1 fully saturated rings. The summed E-state index contributed by atoms with van der Waals surface area (Å²) in [5, 5.41) is 7.90. The van der Waals surface area contributed by atoms with Crippen molar-refractivity contribution in [2.75, 3.05) is 0 Å². The Balaban J connectivity index is 1.75. The lowest BCUT2D eigenvalue weighted by atomic mass is 10.2. The highest BCUT2D eigenvalue weighted by atomic mass is 35.5. The molecule has 1 aliphatic rings. The van der Waals surface area contributed by atoms with Gasteiger partial charge in [0.15, 0.2) is 0 Å². The van der Waals surface area contributed by atoms with Crippen LogP contribution in [0.15, 0.2) is 30.5 Å². The Morgan fingerprint density at radius 1 is 1.37 bits per heavy atom. The molecule has 0 amide bonds. The Labute approximate surface area is 116 Å². The van der Waals surface area contributed by atoms with Gasteiger partial charge in [-0.3, -0.25) is 4.68 Å². The monoisotopic (exact) mass is 279 g/mol. The molecule has 100 valence electrons. The van der Waals surface area contributed by atoms with Gasteiger partial charge in [-0.25, -0.2) is 4.39 Å². The van der Waals surface area contributed by atoms with E-state index in [0.29, 0.717) is 12.6 Å². The van der Waals surface area contributed by atoms with Gasteiger partial charge in [0.25, 0.3) is 0 Å². The standard InChI is InChI=1S/C14H15ClFN3/c15-14-10(2-1-3-13(14)16)9-19-12(6-7-18-19)8-17-11-4-5-11/h1-3,6-7,11,17H,4-5,8-9H2. The van der Waals surface area contributed by atoms with E-state index in [1.54, 1.807) is 12.3 Å². The summed E-state index contributed by atoms with van der Waals surface area (Å²) in [5.41, 5.74) is 1.84. The van der Waals surface area contributed by atoms with Crippen molar-refractivity contribution in [2.24, 2.45) is 0 Å². The molecular weight excluding hydrogens is 265 g/mol. The highest BCUT2D eigenvalue weighted by Crippen LogP contribution is 2.22. The first kappa shape index (κ1) is 12.6. The van der Waals surface area contributed by atoms with Crippen molar-refractivity contribution in [2.45, 2.75) is 32.0 Å². The van der Waals surface area contributed by atoms with Gasteiger partial charge in [0, 0.05) is 18.8 Å². The summed E-state index contributed by atoms with van der Waals surface area (Å²) in [6.45, 7) is 1.28. The average Bonchev–Trinajstić information content (AvgIpc) is 3.13. The highest BCUT2D eigenvalue weighted by molar-refractivity contribution is 6.31. The lowest BCUT2D eigenvalue weighted by Crippen LogP contribution is -2.19. The van der Waals surface area contributed by atoms with Crippen LogP contribution >= 0.6 is 11.6 Å². The highest BCUT2D eigenvalue weighted by Gasteiger charge is 2.20. The lowest BCUT2D eigenvalue weighted by molar-refractivity contribution is 0.587. The lowest BCUT2D eigenvalue weighted by Gasteiger charge is -2.10. The molecule has 1 aromatic heterocycles. The van der Waals surface area contributed by atoms with Gasteiger partial charge in [-0.05, 0) is 30.5 Å². The second-order valence-corrected chi connectivity index (χ2v) is 5.23. The van der Waals surface area contributed by atoms with E-state index in [1.807, 2.05) is 16.8 Å². The van der Waals surface area contributed by atoms with Crippen LogP contribution in [0.1, 0.15) is 24.1 Å². The van der Waals surface area contributed by atoms with Crippen LogP contribution in [0.2, 0.25) is 5.02 Å². The number of nitrogens with zero attached hydrogens (tertiary/aromatic N) is 2. The largest absolute Gasteiger partial charge is 0.308 e. The number of nitrogens with one attached hydrogen (secondary N) is 1. The van der Waals surface area contributed by atoms with Crippen molar-refractivity contribution in [1.82, 2.24) is 15.1 Å². The fourth-order valence-corrected chi connectivity index (χ4v) is 2.21. The first-order valence-electron chi connectivity index (χ1n) is 6.41. The summed E-state index contributed by atoms with van der Waals surface area (Å²) in [4.78, 5) is 0. The number of hydrogen-bond donors (Lipinski definition) is 1. The Morgan fingerprint density at radius 3 is 3.00 bits per heavy atom. The number of halogens is 2. The van der Waals surface area contributed by atoms with Crippen molar-refractivity contribution in [1.29, 1.82) is 0 Å². The molecule has 2 aromatic rings. The molecule has 3 nitrogen and oxygen atoms in total. The molecule has 0 radical (unpaired) electrons. The molecule has 1 saturated carbocycles. The average molecular weight is 280 g/mol. The summed E-state index contributed by atoms with van der Waals surface area (Å²) in [5.74, 6) is -0.385. The van der Waals surface area contributed by atoms with Crippen LogP contribution < -0.4 is 5.32 Å². The smallest absolute Gasteiger partial charge is 0.142 e. The normalized spacial score (nSPS) is 14.8. The molecule has 3 rings (SSSR count). The first-order chi connectivity index (χ1) is 9.24. The first-order valence-corrected chi connectivity index (χ1v) is 6.79. The Kier molecular flexibility index (Phi) is 3.53. The maximum atomic E-state index is 13.4. The van der Waals surface area contributed by atoms with Crippen LogP contribution in [0, 0.1) is 5.82 Å². The summed E-state index contributed by atoms with van der Waals surface area (Å²) in [6.07, 6.45) is 4.27. The number of rotatable bonds is 5. The van der Waals surface area contributed by atoms with Crippen LogP contribution in [0.4, 0.5) is 4.39 Å². The Bertz CT molecular complexity index is 578. The summed E-state index contributed by atoms with van der Waals surface area (Å²) in [7, 11) is 0. The Morgan fingerprint density at radius 2 is 2.21 bits per heavy atom. The minimum atomic E-state index is -0.385. The molecule has 0 bridgehead atoms. The fourth-order valence-electron chi connectivity index (χ4n) is 2.02. The summed E-state index contributed by atoms with van der Waals surface area (Å²) < 4.78 is 15.3. The van der Waals surface area contributed by atoms with Crippen LogP contribution in [-0.4, -0.2) is 15.8 Å².